The minimum Gasteiger partial charge on any atom is -0.311 e. The molecule has 2 unspecified atom stereocenters. The van der Waals surface area contributed by atoms with E-state index in [0.717, 1.165) is 17.9 Å². The molecule has 0 aromatic rings. The normalized spacial score (nSPS) is 24.2. The number of nitrogens with one attached hydrogen (secondary N) is 1. The molecule has 1 heterocycles. The first-order valence-electron chi connectivity index (χ1n) is 7.59. The predicted octanol–water partition coefficient (Wildman–Crippen LogP) is 3.13. The second-order valence-electron chi connectivity index (χ2n) is 6.14. The van der Waals surface area contributed by atoms with Gasteiger partial charge in [0.05, 0.1) is 0 Å². The molecule has 1 saturated heterocycles. The molecule has 1 aliphatic rings. The first-order valence-corrected chi connectivity index (χ1v) is 7.59. The minimum absolute atomic E-state index is 0.721. The number of piperazine rings is 1. The highest BCUT2D eigenvalue weighted by Crippen LogP contribution is 2.13. The van der Waals surface area contributed by atoms with E-state index in [1.54, 1.807) is 0 Å². The van der Waals surface area contributed by atoms with Gasteiger partial charge in [0.25, 0.3) is 0 Å². The molecular formula is C15H32N2. The summed E-state index contributed by atoms with van der Waals surface area (Å²) in [7, 11) is 0. The van der Waals surface area contributed by atoms with Crippen LogP contribution in [-0.4, -0.2) is 37.1 Å². The fourth-order valence-electron chi connectivity index (χ4n) is 2.60. The lowest BCUT2D eigenvalue weighted by molar-refractivity contribution is 0.165. The van der Waals surface area contributed by atoms with Crippen LogP contribution in [0.25, 0.3) is 0 Å². The van der Waals surface area contributed by atoms with E-state index >= 15 is 0 Å². The third kappa shape index (κ3) is 5.87. The summed E-state index contributed by atoms with van der Waals surface area (Å²) in [6, 6.07) is 0.721. The van der Waals surface area contributed by atoms with Crippen LogP contribution in [0.3, 0.4) is 0 Å². The van der Waals surface area contributed by atoms with Gasteiger partial charge in [0, 0.05) is 25.7 Å². The van der Waals surface area contributed by atoms with E-state index < -0.39 is 0 Å². The SMILES string of the molecule is CCC(C)C1CN(CCCCC(C)C)CCN1. The lowest BCUT2D eigenvalue weighted by Gasteiger charge is -2.36. The fraction of sp³-hybridized carbons (Fsp3) is 1.00. The van der Waals surface area contributed by atoms with Gasteiger partial charge in [0.1, 0.15) is 0 Å². The summed E-state index contributed by atoms with van der Waals surface area (Å²) < 4.78 is 0. The Labute approximate surface area is 108 Å². The fourth-order valence-corrected chi connectivity index (χ4v) is 2.60. The van der Waals surface area contributed by atoms with Gasteiger partial charge in [-0.25, -0.2) is 0 Å². The van der Waals surface area contributed by atoms with E-state index in [4.69, 9.17) is 0 Å². The van der Waals surface area contributed by atoms with Crippen LogP contribution in [0.5, 0.6) is 0 Å². The van der Waals surface area contributed by atoms with E-state index in [1.165, 1.54) is 51.9 Å². The molecule has 0 bridgehead atoms. The Hall–Kier alpha value is -0.0800. The van der Waals surface area contributed by atoms with Gasteiger partial charge in [-0.05, 0) is 24.8 Å². The Bertz CT molecular complexity index is 191. The number of unbranched alkanes of at least 4 members (excludes halogenated alkanes) is 1. The lowest BCUT2D eigenvalue weighted by atomic mass is 9.97. The van der Waals surface area contributed by atoms with E-state index in [-0.39, 0.29) is 0 Å². The van der Waals surface area contributed by atoms with Gasteiger partial charge in [-0.1, -0.05) is 47.0 Å². The standard InChI is InChI=1S/C15H32N2/c1-5-14(4)15-12-17(11-9-16-15)10-7-6-8-13(2)3/h13-16H,5-12H2,1-4H3. The van der Waals surface area contributed by atoms with Crippen molar-refractivity contribution >= 4 is 0 Å². The maximum absolute atomic E-state index is 3.67. The molecule has 0 amide bonds. The van der Waals surface area contributed by atoms with E-state index in [9.17, 15) is 0 Å². The van der Waals surface area contributed by atoms with Gasteiger partial charge in [0.15, 0.2) is 0 Å². The summed E-state index contributed by atoms with van der Waals surface area (Å²) in [6.07, 6.45) is 5.46. The van der Waals surface area contributed by atoms with Gasteiger partial charge in [0.2, 0.25) is 0 Å². The zero-order chi connectivity index (χ0) is 12.7. The van der Waals surface area contributed by atoms with Crippen LogP contribution in [0, 0.1) is 11.8 Å². The van der Waals surface area contributed by atoms with Crippen molar-refractivity contribution in [1.29, 1.82) is 0 Å². The third-order valence-electron chi connectivity index (χ3n) is 4.13. The van der Waals surface area contributed by atoms with Crippen molar-refractivity contribution in [2.24, 2.45) is 11.8 Å². The smallest absolute Gasteiger partial charge is 0.0221 e. The summed E-state index contributed by atoms with van der Waals surface area (Å²) in [5.41, 5.74) is 0. The van der Waals surface area contributed by atoms with Crippen LogP contribution in [0.15, 0.2) is 0 Å². The second kappa shape index (κ2) is 8.10. The quantitative estimate of drug-likeness (QED) is 0.688. The molecule has 2 nitrogen and oxygen atoms in total. The van der Waals surface area contributed by atoms with Crippen molar-refractivity contribution in [2.75, 3.05) is 26.2 Å². The number of rotatable bonds is 7. The molecule has 0 radical (unpaired) electrons. The Morgan fingerprint density at radius 2 is 2.00 bits per heavy atom. The lowest BCUT2D eigenvalue weighted by Crippen LogP contribution is -2.53. The summed E-state index contributed by atoms with van der Waals surface area (Å²) in [6.45, 7) is 14.3. The summed E-state index contributed by atoms with van der Waals surface area (Å²) in [4.78, 5) is 2.66. The monoisotopic (exact) mass is 240 g/mol. The van der Waals surface area contributed by atoms with E-state index in [1.807, 2.05) is 0 Å². The maximum Gasteiger partial charge on any atom is 0.0221 e. The highest BCUT2D eigenvalue weighted by molar-refractivity contribution is 4.81. The van der Waals surface area contributed by atoms with Crippen LogP contribution in [0.1, 0.15) is 53.4 Å². The third-order valence-corrected chi connectivity index (χ3v) is 4.13. The van der Waals surface area contributed by atoms with Crippen molar-refractivity contribution in [1.82, 2.24) is 10.2 Å². The molecular weight excluding hydrogens is 208 g/mol. The zero-order valence-electron chi connectivity index (χ0n) is 12.3. The van der Waals surface area contributed by atoms with Crippen molar-refractivity contribution in [2.45, 2.75) is 59.4 Å². The van der Waals surface area contributed by atoms with Crippen molar-refractivity contribution < 1.29 is 0 Å². The van der Waals surface area contributed by atoms with Crippen LogP contribution in [0.4, 0.5) is 0 Å². The molecule has 1 aliphatic heterocycles. The molecule has 1 N–H and O–H groups in total. The summed E-state index contributed by atoms with van der Waals surface area (Å²) in [5.74, 6) is 1.68. The first-order chi connectivity index (χ1) is 8.13. The van der Waals surface area contributed by atoms with E-state index in [2.05, 4.69) is 37.9 Å². The van der Waals surface area contributed by atoms with E-state index in [0.29, 0.717) is 0 Å². The average molecular weight is 240 g/mol. The largest absolute Gasteiger partial charge is 0.311 e. The highest BCUT2D eigenvalue weighted by Gasteiger charge is 2.22. The van der Waals surface area contributed by atoms with Crippen molar-refractivity contribution in [3.63, 3.8) is 0 Å². The molecule has 0 saturated carbocycles. The average Bonchev–Trinajstić information content (AvgIpc) is 2.34. The molecule has 1 fully saturated rings. The maximum atomic E-state index is 3.67. The Kier molecular flexibility index (Phi) is 7.14. The van der Waals surface area contributed by atoms with Gasteiger partial charge in [-0.3, -0.25) is 0 Å². The highest BCUT2D eigenvalue weighted by atomic mass is 15.2. The van der Waals surface area contributed by atoms with Crippen LogP contribution in [0.2, 0.25) is 0 Å². The summed E-state index contributed by atoms with van der Waals surface area (Å²) in [5, 5.41) is 3.67. The molecule has 2 atom stereocenters. The Morgan fingerprint density at radius 3 is 2.65 bits per heavy atom. The first kappa shape index (κ1) is 15.0. The molecule has 1 rings (SSSR count). The molecule has 2 heteroatoms. The van der Waals surface area contributed by atoms with Gasteiger partial charge in [-0.15, -0.1) is 0 Å². The molecule has 0 aromatic carbocycles. The minimum atomic E-state index is 0.721. The molecule has 0 aliphatic carbocycles. The number of nitrogens with zero attached hydrogens (tertiary/aromatic N) is 1. The molecule has 0 aromatic heterocycles. The van der Waals surface area contributed by atoms with Crippen LogP contribution >= 0.6 is 0 Å². The predicted molar refractivity (Wildman–Crippen MR) is 76.4 cm³/mol. The summed E-state index contributed by atoms with van der Waals surface area (Å²) >= 11 is 0. The van der Waals surface area contributed by atoms with Crippen LogP contribution < -0.4 is 5.32 Å². The molecule has 17 heavy (non-hydrogen) atoms. The van der Waals surface area contributed by atoms with Gasteiger partial charge < -0.3 is 10.2 Å². The topological polar surface area (TPSA) is 15.3 Å². The van der Waals surface area contributed by atoms with Crippen molar-refractivity contribution in [3.05, 3.63) is 0 Å². The number of hydrogen-bond donors (Lipinski definition) is 1. The molecule has 0 spiro atoms. The van der Waals surface area contributed by atoms with Crippen molar-refractivity contribution in [3.8, 4) is 0 Å². The second-order valence-corrected chi connectivity index (χ2v) is 6.14. The number of hydrogen-bond acceptors (Lipinski definition) is 2. The zero-order valence-corrected chi connectivity index (χ0v) is 12.3. The van der Waals surface area contributed by atoms with Gasteiger partial charge >= 0.3 is 0 Å². The van der Waals surface area contributed by atoms with Gasteiger partial charge in [-0.2, -0.15) is 0 Å². The Morgan fingerprint density at radius 1 is 1.24 bits per heavy atom. The molecule has 102 valence electrons. The van der Waals surface area contributed by atoms with Crippen LogP contribution in [-0.2, 0) is 0 Å². The Balaban J connectivity index is 2.16.